The fourth-order valence-electron chi connectivity index (χ4n) is 2.31. The van der Waals surface area contributed by atoms with Crippen LogP contribution in [0, 0.1) is 0 Å². The van der Waals surface area contributed by atoms with Crippen molar-refractivity contribution in [1.82, 2.24) is 20.1 Å². The summed E-state index contributed by atoms with van der Waals surface area (Å²) in [6.07, 6.45) is 3.51. The summed E-state index contributed by atoms with van der Waals surface area (Å²) in [5.41, 5.74) is 1.16. The van der Waals surface area contributed by atoms with Gasteiger partial charge in [0, 0.05) is 45.5 Å². The van der Waals surface area contributed by atoms with Gasteiger partial charge in [-0.15, -0.1) is 6.58 Å². The zero-order chi connectivity index (χ0) is 15.1. The van der Waals surface area contributed by atoms with Crippen LogP contribution < -0.4 is 5.32 Å². The van der Waals surface area contributed by atoms with Crippen LogP contribution in [0.2, 0.25) is 5.15 Å². The highest BCUT2D eigenvalue weighted by molar-refractivity contribution is 6.29. The van der Waals surface area contributed by atoms with Gasteiger partial charge in [-0.1, -0.05) is 23.7 Å². The Bertz CT molecular complexity index is 469. The highest BCUT2D eigenvalue weighted by atomic mass is 35.5. The summed E-state index contributed by atoms with van der Waals surface area (Å²) in [5.74, 6) is 0.0604. The van der Waals surface area contributed by atoms with Crippen molar-refractivity contribution in [3.63, 3.8) is 0 Å². The van der Waals surface area contributed by atoms with E-state index in [9.17, 15) is 4.79 Å². The number of hydrogen-bond acceptors (Lipinski definition) is 4. The first kappa shape index (κ1) is 15.9. The predicted octanol–water partition coefficient (Wildman–Crippen LogP) is 1.15. The van der Waals surface area contributed by atoms with Gasteiger partial charge >= 0.3 is 0 Å². The molecule has 0 saturated carbocycles. The minimum atomic E-state index is 0.0604. The first-order valence-electron chi connectivity index (χ1n) is 7.10. The summed E-state index contributed by atoms with van der Waals surface area (Å²) < 4.78 is 0. The van der Waals surface area contributed by atoms with Gasteiger partial charge in [-0.3, -0.25) is 14.6 Å². The summed E-state index contributed by atoms with van der Waals surface area (Å²) in [4.78, 5) is 20.3. The molecule has 114 valence electrons. The number of halogens is 1. The van der Waals surface area contributed by atoms with Crippen LogP contribution in [0.15, 0.2) is 31.0 Å². The third-order valence-corrected chi connectivity index (χ3v) is 3.69. The minimum Gasteiger partial charge on any atom is -0.352 e. The number of pyridine rings is 1. The topological polar surface area (TPSA) is 48.5 Å². The third kappa shape index (κ3) is 5.46. The lowest BCUT2D eigenvalue weighted by molar-refractivity contribution is -0.122. The summed E-state index contributed by atoms with van der Waals surface area (Å²) >= 11 is 5.78. The number of rotatable bonds is 6. The zero-order valence-corrected chi connectivity index (χ0v) is 12.9. The molecule has 1 aliphatic heterocycles. The summed E-state index contributed by atoms with van der Waals surface area (Å²) in [6, 6.07) is 3.82. The van der Waals surface area contributed by atoms with Gasteiger partial charge in [0.2, 0.25) is 5.91 Å². The predicted molar refractivity (Wildman–Crippen MR) is 84.2 cm³/mol. The molecular weight excluding hydrogens is 288 g/mol. The third-order valence-electron chi connectivity index (χ3n) is 3.47. The van der Waals surface area contributed by atoms with E-state index >= 15 is 0 Å². The Kier molecular flexibility index (Phi) is 6.17. The van der Waals surface area contributed by atoms with Gasteiger partial charge in [-0.2, -0.15) is 0 Å². The second-order valence-electron chi connectivity index (χ2n) is 5.13. The number of carbonyl (C=O) groups is 1. The van der Waals surface area contributed by atoms with Crippen molar-refractivity contribution in [2.45, 2.75) is 6.54 Å². The molecule has 0 atom stereocenters. The molecular formula is C15H21ClN4O. The first-order valence-corrected chi connectivity index (χ1v) is 7.48. The Balaban J connectivity index is 1.71. The Morgan fingerprint density at radius 3 is 2.67 bits per heavy atom. The molecule has 0 aromatic carbocycles. The number of carbonyl (C=O) groups excluding carboxylic acids is 1. The van der Waals surface area contributed by atoms with E-state index < -0.39 is 0 Å². The summed E-state index contributed by atoms with van der Waals surface area (Å²) in [5, 5.41) is 3.33. The van der Waals surface area contributed by atoms with Crippen LogP contribution in [0.4, 0.5) is 0 Å². The highest BCUT2D eigenvalue weighted by Gasteiger charge is 2.18. The van der Waals surface area contributed by atoms with E-state index in [0.717, 1.165) is 38.3 Å². The van der Waals surface area contributed by atoms with Crippen LogP contribution in [0.1, 0.15) is 5.56 Å². The Morgan fingerprint density at radius 2 is 2.05 bits per heavy atom. The molecule has 1 saturated heterocycles. The number of amides is 1. The average Bonchev–Trinajstić information content (AvgIpc) is 2.49. The van der Waals surface area contributed by atoms with E-state index in [2.05, 4.69) is 26.7 Å². The van der Waals surface area contributed by atoms with Gasteiger partial charge in [0.1, 0.15) is 5.15 Å². The molecule has 1 aromatic rings. The van der Waals surface area contributed by atoms with Crippen molar-refractivity contribution in [3.8, 4) is 0 Å². The normalized spacial score (nSPS) is 16.6. The van der Waals surface area contributed by atoms with E-state index in [-0.39, 0.29) is 5.91 Å². The number of aromatic nitrogens is 1. The molecule has 5 nitrogen and oxygen atoms in total. The van der Waals surface area contributed by atoms with E-state index in [1.165, 1.54) is 0 Å². The number of piperazine rings is 1. The summed E-state index contributed by atoms with van der Waals surface area (Å²) in [7, 11) is 0. The standard InChI is InChI=1S/C15H21ClN4O/c1-2-5-17-15(21)12-20-8-6-19(7-9-20)11-13-3-4-14(16)18-10-13/h2-4,10H,1,5-9,11-12H2,(H,17,21). The molecule has 1 amide bonds. The quantitative estimate of drug-likeness (QED) is 0.633. The molecule has 1 aliphatic rings. The van der Waals surface area contributed by atoms with Crippen LogP contribution in [0.5, 0.6) is 0 Å². The number of nitrogens with one attached hydrogen (secondary N) is 1. The highest BCUT2D eigenvalue weighted by Crippen LogP contribution is 2.10. The lowest BCUT2D eigenvalue weighted by Gasteiger charge is -2.34. The SMILES string of the molecule is C=CCNC(=O)CN1CCN(Cc2ccc(Cl)nc2)CC1. The Hall–Kier alpha value is -1.43. The lowest BCUT2D eigenvalue weighted by Crippen LogP contribution is -2.49. The maximum atomic E-state index is 11.6. The van der Waals surface area contributed by atoms with Gasteiger partial charge in [-0.05, 0) is 11.6 Å². The number of nitrogens with zero attached hydrogens (tertiary/aromatic N) is 3. The molecule has 0 bridgehead atoms. The average molecular weight is 309 g/mol. The molecule has 21 heavy (non-hydrogen) atoms. The Labute approximate surface area is 130 Å². The molecule has 0 aliphatic carbocycles. The second-order valence-corrected chi connectivity index (χ2v) is 5.52. The molecule has 0 unspecified atom stereocenters. The monoisotopic (exact) mass is 308 g/mol. The molecule has 0 radical (unpaired) electrons. The van der Waals surface area contributed by atoms with E-state index in [4.69, 9.17) is 11.6 Å². The molecule has 2 rings (SSSR count). The van der Waals surface area contributed by atoms with E-state index in [1.54, 1.807) is 6.08 Å². The lowest BCUT2D eigenvalue weighted by atomic mass is 10.2. The molecule has 1 fully saturated rings. The van der Waals surface area contributed by atoms with Crippen molar-refractivity contribution in [2.24, 2.45) is 0 Å². The van der Waals surface area contributed by atoms with E-state index in [0.29, 0.717) is 18.2 Å². The molecule has 6 heteroatoms. The van der Waals surface area contributed by atoms with Crippen LogP contribution in [0.3, 0.4) is 0 Å². The molecule has 1 aromatic heterocycles. The largest absolute Gasteiger partial charge is 0.352 e. The fraction of sp³-hybridized carbons (Fsp3) is 0.467. The summed E-state index contributed by atoms with van der Waals surface area (Å²) in [6.45, 7) is 9.18. The van der Waals surface area contributed by atoms with Crippen LogP contribution in [-0.2, 0) is 11.3 Å². The van der Waals surface area contributed by atoms with Crippen molar-refractivity contribution in [2.75, 3.05) is 39.3 Å². The zero-order valence-electron chi connectivity index (χ0n) is 12.1. The van der Waals surface area contributed by atoms with Gasteiger partial charge < -0.3 is 5.32 Å². The van der Waals surface area contributed by atoms with Gasteiger partial charge in [0.15, 0.2) is 0 Å². The van der Waals surface area contributed by atoms with Gasteiger partial charge in [0.25, 0.3) is 0 Å². The maximum Gasteiger partial charge on any atom is 0.234 e. The van der Waals surface area contributed by atoms with Crippen LogP contribution in [0.25, 0.3) is 0 Å². The van der Waals surface area contributed by atoms with Crippen molar-refractivity contribution < 1.29 is 4.79 Å². The van der Waals surface area contributed by atoms with Crippen LogP contribution >= 0.6 is 11.6 Å². The van der Waals surface area contributed by atoms with E-state index in [1.807, 2.05) is 18.3 Å². The second kappa shape index (κ2) is 8.12. The molecule has 1 N–H and O–H groups in total. The van der Waals surface area contributed by atoms with Crippen LogP contribution in [-0.4, -0.2) is 60.0 Å². The maximum absolute atomic E-state index is 11.6. The molecule has 2 heterocycles. The smallest absolute Gasteiger partial charge is 0.234 e. The number of hydrogen-bond donors (Lipinski definition) is 1. The van der Waals surface area contributed by atoms with Crippen molar-refractivity contribution in [1.29, 1.82) is 0 Å². The Morgan fingerprint density at radius 1 is 1.33 bits per heavy atom. The molecule has 0 spiro atoms. The fourth-order valence-corrected chi connectivity index (χ4v) is 2.42. The van der Waals surface area contributed by atoms with Crippen molar-refractivity contribution >= 4 is 17.5 Å². The first-order chi connectivity index (χ1) is 10.2. The van der Waals surface area contributed by atoms with Gasteiger partial charge in [0.05, 0.1) is 6.54 Å². The van der Waals surface area contributed by atoms with Gasteiger partial charge in [-0.25, -0.2) is 4.98 Å². The minimum absolute atomic E-state index is 0.0604. The van der Waals surface area contributed by atoms with Crippen molar-refractivity contribution in [3.05, 3.63) is 41.7 Å².